The fourth-order valence-corrected chi connectivity index (χ4v) is 2.93. The molecule has 1 aliphatic carbocycles. The molecule has 0 heterocycles. The van der Waals surface area contributed by atoms with Gasteiger partial charge in [-0.05, 0) is 18.4 Å². The quantitative estimate of drug-likeness (QED) is 0.882. The van der Waals surface area contributed by atoms with Gasteiger partial charge in [0.2, 0.25) is 5.91 Å². The molecule has 1 fully saturated rings. The van der Waals surface area contributed by atoms with E-state index in [4.69, 9.17) is 0 Å². The second kappa shape index (κ2) is 5.36. The van der Waals surface area contributed by atoms with Crippen molar-refractivity contribution in [3.8, 4) is 0 Å². The highest BCUT2D eigenvalue weighted by Crippen LogP contribution is 2.40. The molecule has 1 amide bonds. The standard InChI is InChI=1S/C17H25NO/c1-16(2,3)15(19)18-13-17(11-7-8-12-17)14-9-5-4-6-10-14/h4-6,9-10H,7-8,11-13H2,1-3H3,(H,18,19). The summed E-state index contributed by atoms with van der Waals surface area (Å²) in [6.45, 7) is 6.66. The van der Waals surface area contributed by atoms with E-state index in [-0.39, 0.29) is 16.7 Å². The second-order valence-corrected chi connectivity index (χ2v) is 6.79. The Bertz CT molecular complexity index is 424. The lowest BCUT2D eigenvalue weighted by Gasteiger charge is -2.31. The van der Waals surface area contributed by atoms with Crippen LogP contribution in [0.25, 0.3) is 0 Å². The summed E-state index contributed by atoms with van der Waals surface area (Å²) in [5, 5.41) is 3.16. The van der Waals surface area contributed by atoms with Gasteiger partial charge in [0.05, 0.1) is 0 Å². The summed E-state index contributed by atoms with van der Waals surface area (Å²) in [6, 6.07) is 10.7. The van der Waals surface area contributed by atoms with Gasteiger partial charge < -0.3 is 5.32 Å². The van der Waals surface area contributed by atoms with Crippen molar-refractivity contribution in [2.75, 3.05) is 6.54 Å². The summed E-state index contributed by atoms with van der Waals surface area (Å²) in [5.41, 5.74) is 1.22. The average molecular weight is 259 g/mol. The first-order valence-electron chi connectivity index (χ1n) is 7.28. The molecule has 0 unspecified atom stereocenters. The van der Waals surface area contributed by atoms with Crippen molar-refractivity contribution in [1.29, 1.82) is 0 Å². The first kappa shape index (κ1) is 14.1. The summed E-state index contributed by atoms with van der Waals surface area (Å²) in [4.78, 5) is 12.1. The van der Waals surface area contributed by atoms with E-state index >= 15 is 0 Å². The van der Waals surface area contributed by atoms with Crippen LogP contribution in [0.1, 0.15) is 52.0 Å². The molecule has 0 aliphatic heterocycles. The molecule has 0 bridgehead atoms. The predicted octanol–water partition coefficient (Wildman–Crippen LogP) is 3.66. The Balaban J connectivity index is 2.12. The van der Waals surface area contributed by atoms with Crippen LogP contribution in [0.5, 0.6) is 0 Å². The molecule has 0 saturated heterocycles. The van der Waals surface area contributed by atoms with Crippen LogP contribution in [0, 0.1) is 5.41 Å². The van der Waals surface area contributed by atoms with E-state index < -0.39 is 0 Å². The van der Waals surface area contributed by atoms with Crippen LogP contribution in [0.3, 0.4) is 0 Å². The number of rotatable bonds is 3. The first-order valence-corrected chi connectivity index (χ1v) is 7.28. The SMILES string of the molecule is CC(C)(C)C(=O)NCC1(c2ccccc2)CCCC1. The van der Waals surface area contributed by atoms with Crippen LogP contribution >= 0.6 is 0 Å². The zero-order valence-corrected chi connectivity index (χ0v) is 12.3. The van der Waals surface area contributed by atoms with Crippen LogP contribution < -0.4 is 5.32 Å². The van der Waals surface area contributed by atoms with Gasteiger partial charge in [0.25, 0.3) is 0 Å². The van der Waals surface area contributed by atoms with Crippen molar-refractivity contribution in [3.63, 3.8) is 0 Å². The fourth-order valence-electron chi connectivity index (χ4n) is 2.93. The van der Waals surface area contributed by atoms with Gasteiger partial charge in [-0.1, -0.05) is 63.9 Å². The summed E-state index contributed by atoms with van der Waals surface area (Å²) in [7, 11) is 0. The van der Waals surface area contributed by atoms with Gasteiger partial charge in [0.15, 0.2) is 0 Å². The molecule has 1 saturated carbocycles. The summed E-state index contributed by atoms with van der Waals surface area (Å²) in [6.07, 6.45) is 4.89. The average Bonchev–Trinajstić information content (AvgIpc) is 2.86. The van der Waals surface area contributed by atoms with Crippen LogP contribution in [-0.4, -0.2) is 12.5 Å². The number of carbonyl (C=O) groups is 1. The summed E-state index contributed by atoms with van der Waals surface area (Å²) >= 11 is 0. The van der Waals surface area contributed by atoms with Gasteiger partial charge in [-0.15, -0.1) is 0 Å². The van der Waals surface area contributed by atoms with E-state index in [0.717, 1.165) is 6.54 Å². The molecule has 1 aromatic rings. The van der Waals surface area contributed by atoms with Crippen molar-refractivity contribution in [2.24, 2.45) is 5.41 Å². The van der Waals surface area contributed by atoms with Crippen LogP contribution in [0.2, 0.25) is 0 Å². The number of hydrogen-bond donors (Lipinski definition) is 1. The van der Waals surface area contributed by atoms with Crippen LogP contribution in [0.4, 0.5) is 0 Å². The highest BCUT2D eigenvalue weighted by atomic mass is 16.2. The zero-order chi connectivity index (χ0) is 13.9. The molecule has 1 aliphatic rings. The molecule has 0 radical (unpaired) electrons. The van der Waals surface area contributed by atoms with Gasteiger partial charge in [-0.2, -0.15) is 0 Å². The molecular weight excluding hydrogens is 234 g/mol. The number of benzene rings is 1. The van der Waals surface area contributed by atoms with Crippen LogP contribution in [-0.2, 0) is 10.2 Å². The molecule has 104 valence electrons. The number of hydrogen-bond acceptors (Lipinski definition) is 1. The van der Waals surface area contributed by atoms with Crippen molar-refractivity contribution in [1.82, 2.24) is 5.32 Å². The largest absolute Gasteiger partial charge is 0.355 e. The highest BCUT2D eigenvalue weighted by molar-refractivity contribution is 5.81. The summed E-state index contributed by atoms with van der Waals surface area (Å²) < 4.78 is 0. The van der Waals surface area contributed by atoms with Crippen LogP contribution in [0.15, 0.2) is 30.3 Å². The molecule has 2 nitrogen and oxygen atoms in total. The molecule has 1 aromatic carbocycles. The van der Waals surface area contributed by atoms with Gasteiger partial charge in [0, 0.05) is 17.4 Å². The minimum atomic E-state index is -0.309. The van der Waals surface area contributed by atoms with Gasteiger partial charge in [-0.25, -0.2) is 0 Å². The number of carbonyl (C=O) groups excluding carboxylic acids is 1. The van der Waals surface area contributed by atoms with Crippen molar-refractivity contribution < 1.29 is 4.79 Å². The molecule has 0 spiro atoms. The maximum absolute atomic E-state index is 12.1. The lowest BCUT2D eigenvalue weighted by molar-refractivity contribution is -0.128. The molecule has 2 rings (SSSR count). The topological polar surface area (TPSA) is 29.1 Å². The van der Waals surface area contributed by atoms with E-state index in [1.807, 2.05) is 20.8 Å². The van der Waals surface area contributed by atoms with E-state index in [0.29, 0.717) is 0 Å². The van der Waals surface area contributed by atoms with Gasteiger partial charge >= 0.3 is 0 Å². The first-order chi connectivity index (χ1) is 8.94. The van der Waals surface area contributed by atoms with Crippen molar-refractivity contribution in [2.45, 2.75) is 51.9 Å². The Morgan fingerprint density at radius 3 is 2.26 bits per heavy atom. The Hall–Kier alpha value is -1.31. The smallest absolute Gasteiger partial charge is 0.225 e. The fraction of sp³-hybridized carbons (Fsp3) is 0.588. The Kier molecular flexibility index (Phi) is 3.98. The summed E-state index contributed by atoms with van der Waals surface area (Å²) in [5.74, 6) is 0.148. The van der Waals surface area contributed by atoms with Crippen molar-refractivity contribution in [3.05, 3.63) is 35.9 Å². The molecule has 19 heavy (non-hydrogen) atoms. The van der Waals surface area contributed by atoms with E-state index in [1.165, 1.54) is 31.2 Å². The van der Waals surface area contributed by atoms with Crippen molar-refractivity contribution >= 4 is 5.91 Å². The Morgan fingerprint density at radius 1 is 1.16 bits per heavy atom. The predicted molar refractivity (Wildman–Crippen MR) is 79.1 cm³/mol. The highest BCUT2D eigenvalue weighted by Gasteiger charge is 2.36. The normalized spacial score (nSPS) is 18.3. The molecule has 0 aromatic heterocycles. The maximum atomic E-state index is 12.1. The maximum Gasteiger partial charge on any atom is 0.225 e. The molecular formula is C17H25NO. The minimum Gasteiger partial charge on any atom is -0.355 e. The lowest BCUT2D eigenvalue weighted by atomic mass is 9.78. The minimum absolute atomic E-state index is 0.148. The number of amides is 1. The third-order valence-corrected chi connectivity index (χ3v) is 4.22. The third-order valence-electron chi connectivity index (χ3n) is 4.22. The van der Waals surface area contributed by atoms with E-state index in [1.54, 1.807) is 0 Å². The monoisotopic (exact) mass is 259 g/mol. The zero-order valence-electron chi connectivity index (χ0n) is 12.3. The molecule has 0 atom stereocenters. The number of nitrogens with one attached hydrogen (secondary N) is 1. The van der Waals surface area contributed by atoms with E-state index in [9.17, 15) is 4.79 Å². The molecule has 1 N–H and O–H groups in total. The third kappa shape index (κ3) is 3.17. The second-order valence-electron chi connectivity index (χ2n) is 6.79. The van der Waals surface area contributed by atoms with Gasteiger partial charge in [0.1, 0.15) is 0 Å². The van der Waals surface area contributed by atoms with E-state index in [2.05, 4.69) is 35.6 Å². The Labute approximate surface area is 116 Å². The Morgan fingerprint density at radius 2 is 1.74 bits per heavy atom. The van der Waals surface area contributed by atoms with Gasteiger partial charge in [-0.3, -0.25) is 4.79 Å². The lowest BCUT2D eigenvalue weighted by Crippen LogP contribution is -2.43. The molecule has 2 heteroatoms.